The topological polar surface area (TPSA) is 89.0 Å². The van der Waals surface area contributed by atoms with E-state index < -0.39 is 11.8 Å². The van der Waals surface area contributed by atoms with Crippen LogP contribution in [0.15, 0.2) is 41.5 Å². The van der Waals surface area contributed by atoms with E-state index in [-0.39, 0.29) is 0 Å². The number of carbonyl (C=O) groups is 2. The van der Waals surface area contributed by atoms with E-state index in [9.17, 15) is 9.59 Å². The number of methoxy groups -OCH3 is 2. The van der Waals surface area contributed by atoms with Gasteiger partial charge in [-0.3, -0.25) is 9.59 Å². The second kappa shape index (κ2) is 8.66. The SMILES string of the molecule is COc1ccc(/C=N\NC(=O)C(=O)Nc2cccc(C)c2C)c(OC)c1. The number of hydrogen-bond donors (Lipinski definition) is 2. The van der Waals surface area contributed by atoms with Crippen LogP contribution < -0.4 is 20.2 Å². The zero-order chi connectivity index (χ0) is 19.1. The molecule has 136 valence electrons. The highest BCUT2D eigenvalue weighted by Crippen LogP contribution is 2.23. The van der Waals surface area contributed by atoms with Gasteiger partial charge in [-0.1, -0.05) is 12.1 Å². The lowest BCUT2D eigenvalue weighted by molar-refractivity contribution is -0.136. The molecule has 0 aliphatic rings. The van der Waals surface area contributed by atoms with E-state index in [0.29, 0.717) is 22.7 Å². The van der Waals surface area contributed by atoms with E-state index in [4.69, 9.17) is 9.47 Å². The molecule has 0 heterocycles. The Morgan fingerprint density at radius 2 is 1.81 bits per heavy atom. The van der Waals surface area contributed by atoms with Crippen molar-refractivity contribution in [2.45, 2.75) is 13.8 Å². The molecule has 0 saturated heterocycles. The van der Waals surface area contributed by atoms with Crippen LogP contribution >= 0.6 is 0 Å². The normalized spacial score (nSPS) is 10.5. The quantitative estimate of drug-likeness (QED) is 0.490. The third-order valence-electron chi connectivity index (χ3n) is 3.87. The van der Waals surface area contributed by atoms with Crippen molar-refractivity contribution in [1.29, 1.82) is 0 Å². The number of hydrazone groups is 1. The van der Waals surface area contributed by atoms with Gasteiger partial charge < -0.3 is 14.8 Å². The zero-order valence-electron chi connectivity index (χ0n) is 15.1. The van der Waals surface area contributed by atoms with Crippen LogP contribution in [0.3, 0.4) is 0 Å². The maximum absolute atomic E-state index is 12.0. The molecule has 0 bridgehead atoms. The summed E-state index contributed by atoms with van der Waals surface area (Å²) in [6, 6.07) is 10.6. The molecule has 2 aromatic rings. The average molecular weight is 355 g/mol. The first-order valence-corrected chi connectivity index (χ1v) is 7.89. The third-order valence-corrected chi connectivity index (χ3v) is 3.87. The Kier molecular flexibility index (Phi) is 6.32. The summed E-state index contributed by atoms with van der Waals surface area (Å²) in [7, 11) is 3.07. The van der Waals surface area contributed by atoms with Crippen molar-refractivity contribution in [2.75, 3.05) is 19.5 Å². The predicted molar refractivity (Wildman–Crippen MR) is 99.8 cm³/mol. The molecular formula is C19H21N3O4. The molecule has 26 heavy (non-hydrogen) atoms. The number of ether oxygens (including phenoxy) is 2. The predicted octanol–water partition coefficient (Wildman–Crippen LogP) is 2.41. The second-order valence-corrected chi connectivity index (χ2v) is 5.51. The Hall–Kier alpha value is -3.35. The van der Waals surface area contributed by atoms with Gasteiger partial charge in [0.2, 0.25) is 0 Å². The van der Waals surface area contributed by atoms with Gasteiger partial charge in [0, 0.05) is 17.3 Å². The van der Waals surface area contributed by atoms with Crippen molar-refractivity contribution < 1.29 is 19.1 Å². The number of hydrogen-bond acceptors (Lipinski definition) is 5. The fourth-order valence-corrected chi connectivity index (χ4v) is 2.20. The molecule has 0 aromatic heterocycles. The summed E-state index contributed by atoms with van der Waals surface area (Å²) in [5.41, 5.74) is 5.34. The second-order valence-electron chi connectivity index (χ2n) is 5.51. The largest absolute Gasteiger partial charge is 0.497 e. The summed E-state index contributed by atoms with van der Waals surface area (Å²) in [6.45, 7) is 3.80. The maximum Gasteiger partial charge on any atom is 0.329 e. The Morgan fingerprint density at radius 3 is 2.50 bits per heavy atom. The van der Waals surface area contributed by atoms with Crippen LogP contribution in [0.2, 0.25) is 0 Å². The van der Waals surface area contributed by atoms with Crippen LogP contribution in [0.25, 0.3) is 0 Å². The van der Waals surface area contributed by atoms with Gasteiger partial charge in [-0.25, -0.2) is 5.43 Å². The number of nitrogens with one attached hydrogen (secondary N) is 2. The molecule has 2 N–H and O–H groups in total. The monoisotopic (exact) mass is 355 g/mol. The minimum absolute atomic E-state index is 0.530. The molecule has 0 unspecified atom stereocenters. The molecule has 0 spiro atoms. The number of anilines is 1. The molecule has 2 amide bonds. The number of amides is 2. The lowest BCUT2D eigenvalue weighted by Crippen LogP contribution is -2.32. The van der Waals surface area contributed by atoms with Crippen molar-refractivity contribution in [3.63, 3.8) is 0 Å². The molecule has 2 aromatic carbocycles. The van der Waals surface area contributed by atoms with E-state index in [1.807, 2.05) is 26.0 Å². The molecule has 0 aliphatic heterocycles. The summed E-state index contributed by atoms with van der Waals surface area (Å²) in [4.78, 5) is 23.9. The first-order valence-electron chi connectivity index (χ1n) is 7.89. The van der Waals surface area contributed by atoms with E-state index in [1.54, 1.807) is 31.4 Å². The fraction of sp³-hybridized carbons (Fsp3) is 0.211. The molecule has 7 heteroatoms. The van der Waals surface area contributed by atoms with Gasteiger partial charge in [-0.2, -0.15) is 5.10 Å². The summed E-state index contributed by atoms with van der Waals surface area (Å²) in [5, 5.41) is 6.37. The molecule has 2 rings (SSSR count). The van der Waals surface area contributed by atoms with Crippen molar-refractivity contribution in [3.8, 4) is 11.5 Å². The number of nitrogens with zero attached hydrogens (tertiary/aromatic N) is 1. The highest BCUT2D eigenvalue weighted by Gasteiger charge is 2.14. The zero-order valence-corrected chi connectivity index (χ0v) is 15.1. The highest BCUT2D eigenvalue weighted by atomic mass is 16.5. The Morgan fingerprint density at radius 1 is 1.04 bits per heavy atom. The first kappa shape index (κ1) is 19.0. The molecule has 0 radical (unpaired) electrons. The minimum Gasteiger partial charge on any atom is -0.497 e. The fourth-order valence-electron chi connectivity index (χ4n) is 2.20. The van der Waals surface area contributed by atoms with Crippen LogP contribution in [0.5, 0.6) is 11.5 Å². The lowest BCUT2D eigenvalue weighted by Gasteiger charge is -2.09. The van der Waals surface area contributed by atoms with Crippen LogP contribution in [0.4, 0.5) is 5.69 Å². The summed E-state index contributed by atoms with van der Waals surface area (Å²) < 4.78 is 10.3. The summed E-state index contributed by atoms with van der Waals surface area (Å²) >= 11 is 0. The van der Waals surface area contributed by atoms with Crippen LogP contribution in [0, 0.1) is 13.8 Å². The minimum atomic E-state index is -0.866. The van der Waals surface area contributed by atoms with E-state index in [1.165, 1.54) is 13.3 Å². The van der Waals surface area contributed by atoms with Crippen LogP contribution in [0.1, 0.15) is 16.7 Å². The van der Waals surface area contributed by atoms with Gasteiger partial charge in [-0.05, 0) is 43.2 Å². The summed E-state index contributed by atoms with van der Waals surface area (Å²) in [6.07, 6.45) is 1.39. The Labute approximate surface area is 152 Å². The van der Waals surface area contributed by atoms with Gasteiger partial charge in [0.1, 0.15) is 11.5 Å². The molecule has 0 atom stereocenters. The molecule has 0 aliphatic carbocycles. The van der Waals surface area contributed by atoms with Crippen molar-refractivity contribution in [1.82, 2.24) is 5.43 Å². The number of rotatable bonds is 5. The number of carbonyl (C=O) groups excluding carboxylic acids is 2. The number of aryl methyl sites for hydroxylation is 1. The smallest absolute Gasteiger partial charge is 0.329 e. The van der Waals surface area contributed by atoms with Gasteiger partial charge in [-0.15, -0.1) is 0 Å². The van der Waals surface area contributed by atoms with E-state index in [0.717, 1.165) is 11.1 Å². The van der Waals surface area contributed by atoms with Crippen molar-refractivity contribution >= 4 is 23.7 Å². The first-order chi connectivity index (χ1) is 12.5. The standard InChI is InChI=1S/C19H21N3O4/c1-12-6-5-7-16(13(12)2)21-18(23)19(24)22-20-11-14-8-9-15(25-3)10-17(14)26-4/h5-11H,1-4H3,(H,21,23)(H,22,24)/b20-11-. The molecule has 0 fully saturated rings. The number of benzene rings is 2. The van der Waals surface area contributed by atoms with Gasteiger partial charge in [0.25, 0.3) is 0 Å². The highest BCUT2D eigenvalue weighted by molar-refractivity contribution is 6.39. The van der Waals surface area contributed by atoms with Gasteiger partial charge in [0.15, 0.2) is 0 Å². The van der Waals surface area contributed by atoms with Gasteiger partial charge >= 0.3 is 11.8 Å². The molecule has 0 saturated carbocycles. The summed E-state index contributed by atoms with van der Waals surface area (Å²) in [5.74, 6) is -0.495. The third kappa shape index (κ3) is 4.60. The van der Waals surface area contributed by atoms with E-state index >= 15 is 0 Å². The Balaban J connectivity index is 2.00. The molecule has 7 nitrogen and oxygen atoms in total. The van der Waals surface area contributed by atoms with Crippen LogP contribution in [-0.4, -0.2) is 32.2 Å². The molecular weight excluding hydrogens is 334 g/mol. The van der Waals surface area contributed by atoms with Crippen molar-refractivity contribution in [3.05, 3.63) is 53.1 Å². The Bertz CT molecular complexity index is 847. The maximum atomic E-state index is 12.0. The lowest BCUT2D eigenvalue weighted by atomic mass is 10.1. The van der Waals surface area contributed by atoms with Crippen LogP contribution in [-0.2, 0) is 9.59 Å². The average Bonchev–Trinajstić information content (AvgIpc) is 2.65. The van der Waals surface area contributed by atoms with Crippen molar-refractivity contribution in [2.24, 2.45) is 5.10 Å². The van der Waals surface area contributed by atoms with E-state index in [2.05, 4.69) is 15.8 Å². The van der Waals surface area contributed by atoms with Gasteiger partial charge in [0.05, 0.1) is 20.4 Å².